The summed E-state index contributed by atoms with van der Waals surface area (Å²) < 4.78 is 16.6. The molecule has 0 spiro atoms. The standard InChI is InChI=1S/C19H22ClNO3/c1-11-9-17(23-3)14(10-15(11)20)18-12-5-6-16(22-2)19(24-4)13(12)7-8-21-18/h5-6,9-10,18,21H,7-8H2,1-4H3. The molecule has 0 saturated carbocycles. The van der Waals surface area contributed by atoms with E-state index in [4.69, 9.17) is 25.8 Å². The minimum atomic E-state index is 0.00149. The first kappa shape index (κ1) is 16.9. The summed E-state index contributed by atoms with van der Waals surface area (Å²) in [7, 11) is 5.02. The summed E-state index contributed by atoms with van der Waals surface area (Å²) in [5.74, 6) is 2.39. The van der Waals surface area contributed by atoms with Crippen molar-refractivity contribution in [2.75, 3.05) is 27.9 Å². The molecule has 128 valence electrons. The molecule has 2 aromatic carbocycles. The molecular weight excluding hydrogens is 326 g/mol. The summed E-state index contributed by atoms with van der Waals surface area (Å²) in [6.45, 7) is 2.82. The fraction of sp³-hybridized carbons (Fsp3) is 0.368. The van der Waals surface area contributed by atoms with Crippen molar-refractivity contribution in [2.45, 2.75) is 19.4 Å². The van der Waals surface area contributed by atoms with E-state index in [0.29, 0.717) is 0 Å². The van der Waals surface area contributed by atoms with Gasteiger partial charge in [-0.25, -0.2) is 0 Å². The monoisotopic (exact) mass is 347 g/mol. The first-order chi connectivity index (χ1) is 11.6. The summed E-state index contributed by atoms with van der Waals surface area (Å²) in [6.07, 6.45) is 0.883. The zero-order valence-corrected chi connectivity index (χ0v) is 15.2. The Kier molecular flexibility index (Phi) is 4.88. The van der Waals surface area contributed by atoms with E-state index in [2.05, 4.69) is 11.4 Å². The van der Waals surface area contributed by atoms with E-state index in [1.54, 1.807) is 21.3 Å². The first-order valence-corrected chi connectivity index (χ1v) is 8.29. The maximum Gasteiger partial charge on any atom is 0.164 e. The van der Waals surface area contributed by atoms with Crippen LogP contribution in [0.3, 0.4) is 0 Å². The van der Waals surface area contributed by atoms with Gasteiger partial charge < -0.3 is 19.5 Å². The van der Waals surface area contributed by atoms with Crippen molar-refractivity contribution in [3.63, 3.8) is 0 Å². The van der Waals surface area contributed by atoms with Crippen LogP contribution in [0, 0.1) is 6.92 Å². The zero-order chi connectivity index (χ0) is 17.3. The number of fused-ring (bicyclic) bond motifs is 1. The molecule has 0 bridgehead atoms. The highest BCUT2D eigenvalue weighted by Gasteiger charge is 2.28. The van der Waals surface area contributed by atoms with Crippen molar-refractivity contribution in [1.82, 2.24) is 5.32 Å². The molecular formula is C19H22ClNO3. The molecule has 1 aliphatic heterocycles. The number of methoxy groups -OCH3 is 3. The smallest absolute Gasteiger partial charge is 0.164 e. The van der Waals surface area contributed by atoms with Gasteiger partial charge in [0.25, 0.3) is 0 Å². The lowest BCUT2D eigenvalue weighted by atomic mass is 9.88. The van der Waals surface area contributed by atoms with Crippen LogP contribution in [0.1, 0.15) is 28.3 Å². The Hall–Kier alpha value is -1.91. The highest BCUT2D eigenvalue weighted by atomic mass is 35.5. The molecule has 0 radical (unpaired) electrons. The minimum Gasteiger partial charge on any atom is -0.496 e. The highest BCUT2D eigenvalue weighted by Crippen LogP contribution is 2.42. The molecule has 1 atom stereocenters. The fourth-order valence-electron chi connectivity index (χ4n) is 3.34. The van der Waals surface area contributed by atoms with Crippen molar-refractivity contribution in [1.29, 1.82) is 0 Å². The van der Waals surface area contributed by atoms with Crippen LogP contribution in [0.15, 0.2) is 24.3 Å². The predicted molar refractivity (Wildman–Crippen MR) is 95.8 cm³/mol. The minimum absolute atomic E-state index is 0.00149. The molecule has 1 unspecified atom stereocenters. The molecule has 2 aromatic rings. The van der Waals surface area contributed by atoms with Gasteiger partial charge in [-0.3, -0.25) is 0 Å². The van der Waals surface area contributed by atoms with Gasteiger partial charge in [-0.05, 0) is 42.7 Å². The molecule has 1 N–H and O–H groups in total. The van der Waals surface area contributed by atoms with Crippen LogP contribution in [0.2, 0.25) is 5.02 Å². The summed E-state index contributed by atoms with van der Waals surface area (Å²) in [5.41, 5.74) is 4.36. The summed E-state index contributed by atoms with van der Waals surface area (Å²) in [4.78, 5) is 0. The number of aryl methyl sites for hydroxylation is 1. The number of hydrogen-bond donors (Lipinski definition) is 1. The summed E-state index contributed by atoms with van der Waals surface area (Å²) >= 11 is 6.37. The zero-order valence-electron chi connectivity index (χ0n) is 14.4. The number of benzene rings is 2. The van der Waals surface area contributed by atoms with Gasteiger partial charge in [-0.15, -0.1) is 0 Å². The molecule has 1 aliphatic rings. The van der Waals surface area contributed by atoms with Gasteiger partial charge >= 0.3 is 0 Å². The van der Waals surface area contributed by atoms with Gasteiger partial charge in [0.2, 0.25) is 0 Å². The Bertz CT molecular complexity index is 761. The maximum absolute atomic E-state index is 6.37. The van der Waals surface area contributed by atoms with Crippen LogP contribution in [0.4, 0.5) is 0 Å². The molecule has 1 heterocycles. The van der Waals surface area contributed by atoms with Gasteiger partial charge in [0.05, 0.1) is 27.4 Å². The first-order valence-electron chi connectivity index (χ1n) is 7.91. The third-order valence-corrected chi connectivity index (χ3v) is 4.95. The largest absolute Gasteiger partial charge is 0.496 e. The van der Waals surface area contributed by atoms with E-state index in [1.807, 2.05) is 25.1 Å². The molecule has 5 heteroatoms. The third-order valence-electron chi connectivity index (χ3n) is 4.54. The Morgan fingerprint density at radius 3 is 2.42 bits per heavy atom. The number of rotatable bonds is 4. The number of halogens is 1. The third kappa shape index (κ3) is 2.80. The van der Waals surface area contributed by atoms with Crippen LogP contribution >= 0.6 is 11.6 Å². The summed E-state index contributed by atoms with van der Waals surface area (Å²) in [6, 6.07) is 8.00. The predicted octanol–water partition coefficient (Wildman–Crippen LogP) is 3.91. The van der Waals surface area contributed by atoms with Crippen molar-refractivity contribution >= 4 is 11.6 Å². The van der Waals surface area contributed by atoms with Crippen LogP contribution in [-0.4, -0.2) is 27.9 Å². The molecule has 0 amide bonds. The van der Waals surface area contributed by atoms with Crippen molar-refractivity contribution < 1.29 is 14.2 Å². The number of ether oxygens (including phenoxy) is 3. The van der Waals surface area contributed by atoms with Gasteiger partial charge in [-0.2, -0.15) is 0 Å². The normalized spacial score (nSPS) is 16.5. The van der Waals surface area contributed by atoms with Crippen LogP contribution in [0.25, 0.3) is 0 Å². The Labute approximate surface area is 147 Å². The van der Waals surface area contributed by atoms with Crippen molar-refractivity contribution in [2.24, 2.45) is 0 Å². The van der Waals surface area contributed by atoms with Crippen molar-refractivity contribution in [3.8, 4) is 17.2 Å². The number of hydrogen-bond acceptors (Lipinski definition) is 4. The van der Waals surface area contributed by atoms with Crippen LogP contribution in [-0.2, 0) is 6.42 Å². The van der Waals surface area contributed by atoms with E-state index in [-0.39, 0.29) is 6.04 Å². The lowest BCUT2D eigenvalue weighted by Gasteiger charge is -2.30. The average molecular weight is 348 g/mol. The second-order valence-electron chi connectivity index (χ2n) is 5.85. The highest BCUT2D eigenvalue weighted by molar-refractivity contribution is 6.31. The van der Waals surface area contributed by atoms with Gasteiger partial charge in [0.15, 0.2) is 11.5 Å². The second kappa shape index (κ2) is 6.91. The van der Waals surface area contributed by atoms with Crippen molar-refractivity contribution in [3.05, 3.63) is 51.5 Å². The average Bonchev–Trinajstić information content (AvgIpc) is 2.61. The fourth-order valence-corrected chi connectivity index (χ4v) is 3.51. The van der Waals surface area contributed by atoms with E-state index in [0.717, 1.165) is 51.9 Å². The lowest BCUT2D eigenvalue weighted by Crippen LogP contribution is -2.31. The van der Waals surface area contributed by atoms with E-state index in [9.17, 15) is 0 Å². The maximum atomic E-state index is 6.37. The SMILES string of the molecule is COc1cc(C)c(Cl)cc1C1NCCc2c1ccc(OC)c2OC. The quantitative estimate of drug-likeness (QED) is 0.910. The van der Waals surface area contributed by atoms with Gasteiger partial charge in [0.1, 0.15) is 5.75 Å². The van der Waals surface area contributed by atoms with E-state index < -0.39 is 0 Å². The van der Waals surface area contributed by atoms with E-state index >= 15 is 0 Å². The molecule has 24 heavy (non-hydrogen) atoms. The topological polar surface area (TPSA) is 39.7 Å². The second-order valence-corrected chi connectivity index (χ2v) is 6.26. The molecule has 3 rings (SSSR count). The van der Waals surface area contributed by atoms with Gasteiger partial charge in [-0.1, -0.05) is 17.7 Å². The van der Waals surface area contributed by atoms with Crippen LogP contribution < -0.4 is 19.5 Å². The van der Waals surface area contributed by atoms with Gasteiger partial charge in [0, 0.05) is 22.7 Å². The number of nitrogens with one attached hydrogen (secondary N) is 1. The molecule has 0 fully saturated rings. The van der Waals surface area contributed by atoms with Crippen LogP contribution in [0.5, 0.6) is 17.2 Å². The molecule has 0 saturated heterocycles. The Balaban J connectivity index is 2.16. The molecule has 4 nitrogen and oxygen atoms in total. The molecule has 0 aliphatic carbocycles. The Morgan fingerprint density at radius 2 is 1.75 bits per heavy atom. The molecule has 0 aromatic heterocycles. The van der Waals surface area contributed by atoms with E-state index in [1.165, 1.54) is 5.56 Å². The lowest BCUT2D eigenvalue weighted by molar-refractivity contribution is 0.348. The Morgan fingerprint density at radius 1 is 1.00 bits per heavy atom. The summed E-state index contributed by atoms with van der Waals surface area (Å²) in [5, 5.41) is 4.30.